The number of hydrogen-bond acceptors (Lipinski definition) is 3. The van der Waals surface area contributed by atoms with E-state index in [4.69, 9.17) is 11.6 Å². The van der Waals surface area contributed by atoms with E-state index >= 15 is 0 Å². The number of rotatable bonds is 6. The first-order chi connectivity index (χ1) is 12.1. The molecule has 0 aliphatic rings. The smallest absolute Gasteiger partial charge is 0.268 e. The number of nitrogens with one attached hydrogen (secondary N) is 2. The standard InChI is InChI=1S/C19H23ClFN3O2/c1-10-16(12(3)25)11(2)23-18(10)19(26)22-9-15(24(4)5)17-13(20)7-6-8-14(17)21/h6-8,15,23H,9H2,1-5H3,(H,22,26)/t15-/m1/s1. The molecule has 1 aromatic heterocycles. The highest BCUT2D eigenvalue weighted by molar-refractivity contribution is 6.31. The molecule has 0 unspecified atom stereocenters. The first-order valence-electron chi connectivity index (χ1n) is 8.23. The predicted molar refractivity (Wildman–Crippen MR) is 100 cm³/mol. The van der Waals surface area contributed by atoms with Crippen LogP contribution < -0.4 is 5.32 Å². The highest BCUT2D eigenvalue weighted by Crippen LogP contribution is 2.28. The third-order valence-electron chi connectivity index (χ3n) is 4.43. The summed E-state index contributed by atoms with van der Waals surface area (Å²) in [5, 5.41) is 3.11. The Morgan fingerprint density at radius 3 is 2.46 bits per heavy atom. The van der Waals surface area contributed by atoms with Crippen molar-refractivity contribution in [2.45, 2.75) is 26.8 Å². The van der Waals surface area contributed by atoms with Gasteiger partial charge in [-0.25, -0.2) is 4.39 Å². The molecule has 0 radical (unpaired) electrons. The fourth-order valence-electron chi connectivity index (χ4n) is 3.15. The minimum absolute atomic E-state index is 0.0976. The van der Waals surface area contributed by atoms with E-state index in [0.717, 1.165) is 0 Å². The van der Waals surface area contributed by atoms with Crippen LogP contribution in [-0.2, 0) is 0 Å². The molecule has 0 saturated heterocycles. The Labute approximate surface area is 157 Å². The predicted octanol–water partition coefficient (Wildman–Crippen LogP) is 3.66. The van der Waals surface area contributed by atoms with Crippen molar-refractivity contribution >= 4 is 23.3 Å². The molecular formula is C19H23ClFN3O2. The molecule has 0 fully saturated rings. The normalized spacial score (nSPS) is 12.3. The molecule has 0 bridgehead atoms. The summed E-state index contributed by atoms with van der Waals surface area (Å²) in [4.78, 5) is 29.1. The third kappa shape index (κ3) is 3.97. The fourth-order valence-corrected chi connectivity index (χ4v) is 3.44. The highest BCUT2D eigenvalue weighted by atomic mass is 35.5. The molecule has 0 spiro atoms. The van der Waals surface area contributed by atoms with Gasteiger partial charge in [-0.2, -0.15) is 0 Å². The highest BCUT2D eigenvalue weighted by Gasteiger charge is 2.24. The molecular weight excluding hydrogens is 357 g/mol. The number of amides is 1. The SMILES string of the molecule is CC(=O)c1c(C)[nH]c(C(=O)NC[C@H](c2c(F)cccc2Cl)N(C)C)c1C. The maximum absolute atomic E-state index is 14.3. The van der Waals surface area contributed by atoms with Crippen LogP contribution >= 0.6 is 11.6 Å². The van der Waals surface area contributed by atoms with E-state index in [2.05, 4.69) is 10.3 Å². The number of ketones is 1. The van der Waals surface area contributed by atoms with Gasteiger partial charge in [-0.15, -0.1) is 0 Å². The molecule has 0 aliphatic heterocycles. The number of H-pyrrole nitrogens is 1. The first-order valence-corrected chi connectivity index (χ1v) is 8.61. The van der Waals surface area contributed by atoms with Gasteiger partial charge in [0.2, 0.25) is 0 Å². The molecule has 1 heterocycles. The minimum Gasteiger partial charge on any atom is -0.354 e. The lowest BCUT2D eigenvalue weighted by atomic mass is 10.0. The summed E-state index contributed by atoms with van der Waals surface area (Å²) in [6.07, 6.45) is 0. The number of aryl methyl sites for hydroxylation is 1. The van der Waals surface area contributed by atoms with Crippen LogP contribution in [0.25, 0.3) is 0 Å². The number of halogens is 2. The zero-order valence-electron chi connectivity index (χ0n) is 15.5. The van der Waals surface area contributed by atoms with Crippen molar-refractivity contribution < 1.29 is 14.0 Å². The summed E-state index contributed by atoms with van der Waals surface area (Å²) in [5.41, 5.74) is 2.46. The summed E-state index contributed by atoms with van der Waals surface area (Å²) >= 11 is 6.16. The van der Waals surface area contributed by atoms with E-state index in [1.54, 1.807) is 45.0 Å². The van der Waals surface area contributed by atoms with Crippen molar-refractivity contribution in [3.63, 3.8) is 0 Å². The Kier molecular flexibility index (Phi) is 6.21. The molecule has 1 aromatic carbocycles. The molecule has 26 heavy (non-hydrogen) atoms. The number of Topliss-reactive ketones (excluding diaryl/α,β-unsaturated/α-hetero) is 1. The van der Waals surface area contributed by atoms with Gasteiger partial charge in [0, 0.05) is 28.4 Å². The quantitative estimate of drug-likeness (QED) is 0.753. The van der Waals surface area contributed by atoms with Gasteiger partial charge in [-0.1, -0.05) is 17.7 Å². The zero-order valence-corrected chi connectivity index (χ0v) is 16.3. The molecule has 1 amide bonds. The lowest BCUT2D eigenvalue weighted by Gasteiger charge is -2.26. The van der Waals surface area contributed by atoms with Crippen LogP contribution in [0.5, 0.6) is 0 Å². The van der Waals surface area contributed by atoms with E-state index in [9.17, 15) is 14.0 Å². The molecule has 2 rings (SSSR count). The summed E-state index contributed by atoms with van der Waals surface area (Å²) in [6.45, 7) is 5.11. The lowest BCUT2D eigenvalue weighted by molar-refractivity contribution is 0.0936. The van der Waals surface area contributed by atoms with Gasteiger partial charge in [0.15, 0.2) is 5.78 Å². The van der Waals surface area contributed by atoms with Gasteiger partial charge >= 0.3 is 0 Å². The fraction of sp³-hybridized carbons (Fsp3) is 0.368. The van der Waals surface area contributed by atoms with Gasteiger partial charge in [-0.05, 0) is 52.6 Å². The molecule has 7 heteroatoms. The van der Waals surface area contributed by atoms with Gasteiger partial charge < -0.3 is 15.2 Å². The van der Waals surface area contributed by atoms with Crippen molar-refractivity contribution in [1.82, 2.24) is 15.2 Å². The zero-order chi connectivity index (χ0) is 19.6. The topological polar surface area (TPSA) is 65.2 Å². The molecule has 1 atom stereocenters. The Hall–Kier alpha value is -2.18. The second-order valence-corrected chi connectivity index (χ2v) is 6.91. The van der Waals surface area contributed by atoms with Crippen molar-refractivity contribution in [2.24, 2.45) is 0 Å². The number of aromatic amines is 1. The third-order valence-corrected chi connectivity index (χ3v) is 4.76. The Bertz CT molecular complexity index is 825. The molecule has 0 saturated carbocycles. The number of benzene rings is 1. The van der Waals surface area contributed by atoms with Crippen LogP contribution in [0.2, 0.25) is 5.02 Å². The van der Waals surface area contributed by atoms with Crippen LogP contribution in [0.3, 0.4) is 0 Å². The number of aromatic nitrogens is 1. The molecule has 5 nitrogen and oxygen atoms in total. The van der Waals surface area contributed by atoms with Crippen LogP contribution in [0, 0.1) is 19.7 Å². The monoisotopic (exact) mass is 379 g/mol. The summed E-state index contributed by atoms with van der Waals surface area (Å²) < 4.78 is 14.3. The Morgan fingerprint density at radius 2 is 1.96 bits per heavy atom. The Balaban J connectivity index is 2.24. The number of likely N-dealkylation sites (N-methyl/N-ethyl adjacent to an activating group) is 1. The van der Waals surface area contributed by atoms with Crippen molar-refractivity contribution in [3.05, 3.63) is 57.1 Å². The summed E-state index contributed by atoms with van der Waals surface area (Å²) in [5.74, 6) is -0.867. The van der Waals surface area contributed by atoms with E-state index in [-0.39, 0.29) is 18.2 Å². The molecule has 140 valence electrons. The second-order valence-electron chi connectivity index (χ2n) is 6.51. The summed E-state index contributed by atoms with van der Waals surface area (Å²) in [6, 6.07) is 4.07. The average molecular weight is 380 g/mol. The maximum atomic E-state index is 14.3. The number of carbonyl (C=O) groups excluding carboxylic acids is 2. The van der Waals surface area contributed by atoms with Crippen LogP contribution in [0.1, 0.15) is 50.6 Å². The second kappa shape index (κ2) is 8.01. The van der Waals surface area contributed by atoms with E-state index in [0.29, 0.717) is 33.1 Å². The van der Waals surface area contributed by atoms with Crippen LogP contribution in [0.15, 0.2) is 18.2 Å². The van der Waals surface area contributed by atoms with E-state index < -0.39 is 11.9 Å². The molecule has 2 N–H and O–H groups in total. The number of hydrogen-bond donors (Lipinski definition) is 2. The van der Waals surface area contributed by atoms with E-state index in [1.807, 2.05) is 0 Å². The van der Waals surface area contributed by atoms with Crippen molar-refractivity contribution in [2.75, 3.05) is 20.6 Å². The van der Waals surface area contributed by atoms with Gasteiger partial charge in [0.25, 0.3) is 5.91 Å². The van der Waals surface area contributed by atoms with Gasteiger partial charge in [0.1, 0.15) is 11.5 Å². The minimum atomic E-state index is -0.434. The number of carbonyl (C=O) groups is 2. The number of nitrogens with zero attached hydrogens (tertiary/aromatic N) is 1. The summed E-state index contributed by atoms with van der Waals surface area (Å²) in [7, 11) is 3.58. The lowest BCUT2D eigenvalue weighted by Crippen LogP contribution is -2.35. The van der Waals surface area contributed by atoms with Gasteiger partial charge in [-0.3, -0.25) is 9.59 Å². The molecule has 2 aromatic rings. The first kappa shape index (κ1) is 20.1. The van der Waals surface area contributed by atoms with Crippen molar-refractivity contribution in [3.8, 4) is 0 Å². The molecule has 0 aliphatic carbocycles. The Morgan fingerprint density at radius 1 is 1.31 bits per heavy atom. The van der Waals surface area contributed by atoms with E-state index in [1.165, 1.54) is 13.0 Å². The van der Waals surface area contributed by atoms with Crippen LogP contribution in [-0.4, -0.2) is 42.2 Å². The maximum Gasteiger partial charge on any atom is 0.268 e. The van der Waals surface area contributed by atoms with Crippen LogP contribution in [0.4, 0.5) is 4.39 Å². The largest absolute Gasteiger partial charge is 0.354 e. The van der Waals surface area contributed by atoms with Gasteiger partial charge in [0.05, 0.1) is 6.04 Å². The van der Waals surface area contributed by atoms with Crippen molar-refractivity contribution in [1.29, 1.82) is 0 Å². The average Bonchev–Trinajstić information content (AvgIpc) is 2.84.